The van der Waals surface area contributed by atoms with Crippen LogP contribution in [0.2, 0.25) is 0 Å². The molecule has 0 radical (unpaired) electrons. The number of aliphatic hydroxyl groups is 1. The number of carbonyl (C=O) groups is 1. The third-order valence-corrected chi connectivity index (χ3v) is 1.66. The summed E-state index contributed by atoms with van der Waals surface area (Å²) in [7, 11) is 0. The summed E-state index contributed by atoms with van der Waals surface area (Å²) in [5, 5.41) is 11.5. The molecular formula is C7H9NO2. The van der Waals surface area contributed by atoms with Gasteiger partial charge in [0.05, 0.1) is 12.0 Å². The summed E-state index contributed by atoms with van der Waals surface area (Å²) >= 11 is 0. The van der Waals surface area contributed by atoms with Crippen molar-refractivity contribution in [3.05, 3.63) is 0 Å². The lowest BCUT2D eigenvalue weighted by Crippen LogP contribution is -2.61. The van der Waals surface area contributed by atoms with Crippen molar-refractivity contribution in [3.63, 3.8) is 0 Å². The van der Waals surface area contributed by atoms with E-state index in [2.05, 4.69) is 11.2 Å². The van der Waals surface area contributed by atoms with Crippen LogP contribution in [0.4, 0.5) is 0 Å². The lowest BCUT2D eigenvalue weighted by Gasteiger charge is -2.34. The summed E-state index contributed by atoms with van der Waals surface area (Å²) < 4.78 is 0. The fraction of sp³-hybridized carbons (Fsp3) is 0.571. The third kappa shape index (κ3) is 0.869. The minimum absolute atomic E-state index is 0.155. The molecule has 0 aliphatic carbocycles. The van der Waals surface area contributed by atoms with Gasteiger partial charge < -0.3 is 10.4 Å². The predicted molar refractivity (Wildman–Crippen MR) is 35.9 cm³/mol. The van der Waals surface area contributed by atoms with E-state index in [4.69, 9.17) is 11.5 Å². The number of terminal acetylenes is 1. The maximum atomic E-state index is 10.7. The molecule has 0 aromatic heterocycles. The molecule has 0 spiro atoms. The zero-order valence-electron chi connectivity index (χ0n) is 5.66. The molecule has 0 saturated carbocycles. The van der Waals surface area contributed by atoms with Crippen LogP contribution in [0.1, 0.15) is 6.92 Å². The Kier molecular flexibility index (Phi) is 1.64. The second-order valence-electron chi connectivity index (χ2n) is 2.42. The number of nitrogens with one attached hydrogen (secondary N) is 1. The third-order valence-electron chi connectivity index (χ3n) is 1.66. The smallest absolute Gasteiger partial charge is 0.229 e. The zero-order chi connectivity index (χ0) is 7.72. The summed E-state index contributed by atoms with van der Waals surface area (Å²) in [6.07, 6.45) is 4.40. The van der Waals surface area contributed by atoms with Crippen LogP contribution in [0.15, 0.2) is 0 Å². The molecular weight excluding hydrogens is 130 g/mol. The highest BCUT2D eigenvalue weighted by Gasteiger charge is 2.41. The molecule has 54 valence electrons. The predicted octanol–water partition coefficient (Wildman–Crippen LogP) is -0.885. The molecule has 10 heavy (non-hydrogen) atoms. The van der Waals surface area contributed by atoms with Gasteiger partial charge in [-0.05, 0) is 6.92 Å². The Bertz CT molecular complexity index is 192. The molecule has 1 fully saturated rings. The van der Waals surface area contributed by atoms with Gasteiger partial charge in [-0.1, -0.05) is 5.92 Å². The van der Waals surface area contributed by atoms with Crippen LogP contribution in [-0.2, 0) is 4.79 Å². The van der Waals surface area contributed by atoms with Gasteiger partial charge in [-0.15, -0.1) is 6.42 Å². The van der Waals surface area contributed by atoms with Crippen molar-refractivity contribution in [2.45, 2.75) is 19.1 Å². The van der Waals surface area contributed by atoms with Crippen LogP contribution in [0.3, 0.4) is 0 Å². The molecule has 0 bridgehead atoms. The van der Waals surface area contributed by atoms with E-state index in [-0.39, 0.29) is 11.9 Å². The van der Waals surface area contributed by atoms with Gasteiger partial charge in [0.15, 0.2) is 0 Å². The zero-order valence-corrected chi connectivity index (χ0v) is 5.66. The molecule has 0 aromatic carbocycles. The van der Waals surface area contributed by atoms with E-state index in [1.165, 1.54) is 0 Å². The Labute approximate surface area is 59.4 Å². The van der Waals surface area contributed by atoms with Crippen LogP contribution >= 0.6 is 0 Å². The largest absolute Gasteiger partial charge is 0.392 e. The van der Waals surface area contributed by atoms with E-state index in [0.29, 0.717) is 0 Å². The van der Waals surface area contributed by atoms with Crippen LogP contribution in [0.25, 0.3) is 0 Å². The number of hydrogen-bond donors (Lipinski definition) is 2. The average molecular weight is 139 g/mol. The van der Waals surface area contributed by atoms with Gasteiger partial charge in [0.1, 0.15) is 6.04 Å². The maximum absolute atomic E-state index is 10.7. The van der Waals surface area contributed by atoms with Crippen LogP contribution < -0.4 is 5.32 Å². The SMILES string of the molecule is C#CC1NC(=O)[C@@H]1[C@@H](C)O. The van der Waals surface area contributed by atoms with Crippen LogP contribution in [-0.4, -0.2) is 23.2 Å². The summed E-state index contributed by atoms with van der Waals surface area (Å²) in [5.74, 6) is 1.82. The summed E-state index contributed by atoms with van der Waals surface area (Å²) in [6.45, 7) is 1.56. The Morgan fingerprint density at radius 3 is 2.70 bits per heavy atom. The molecule has 0 aromatic rings. The van der Waals surface area contributed by atoms with E-state index in [9.17, 15) is 4.79 Å². The first-order valence-corrected chi connectivity index (χ1v) is 3.11. The number of carbonyl (C=O) groups excluding carboxylic acids is 1. The number of hydrogen-bond acceptors (Lipinski definition) is 2. The molecule has 3 heteroatoms. The van der Waals surface area contributed by atoms with Crippen molar-refractivity contribution in [2.24, 2.45) is 5.92 Å². The summed E-state index contributed by atoms with van der Waals surface area (Å²) in [4.78, 5) is 10.7. The second kappa shape index (κ2) is 2.31. The first-order valence-electron chi connectivity index (χ1n) is 3.11. The summed E-state index contributed by atoms with van der Waals surface area (Å²) in [5.41, 5.74) is 0. The topological polar surface area (TPSA) is 49.3 Å². The fourth-order valence-electron chi connectivity index (χ4n) is 1.04. The highest BCUT2D eigenvalue weighted by atomic mass is 16.3. The van der Waals surface area contributed by atoms with Gasteiger partial charge in [-0.3, -0.25) is 4.79 Å². The fourth-order valence-corrected chi connectivity index (χ4v) is 1.04. The van der Waals surface area contributed by atoms with Gasteiger partial charge in [0.2, 0.25) is 5.91 Å². The lowest BCUT2D eigenvalue weighted by molar-refractivity contribution is -0.138. The van der Waals surface area contributed by atoms with Crippen molar-refractivity contribution < 1.29 is 9.90 Å². The van der Waals surface area contributed by atoms with Crippen LogP contribution in [0.5, 0.6) is 0 Å². The van der Waals surface area contributed by atoms with Gasteiger partial charge >= 0.3 is 0 Å². The van der Waals surface area contributed by atoms with Gasteiger partial charge in [0.25, 0.3) is 0 Å². The van der Waals surface area contributed by atoms with Crippen molar-refractivity contribution in [2.75, 3.05) is 0 Å². The first kappa shape index (κ1) is 7.10. The monoisotopic (exact) mass is 139 g/mol. The average Bonchev–Trinajstić information content (AvgIpc) is 1.80. The first-order chi connectivity index (χ1) is 4.66. The molecule has 1 aliphatic rings. The van der Waals surface area contributed by atoms with Gasteiger partial charge in [-0.2, -0.15) is 0 Å². The van der Waals surface area contributed by atoms with E-state index in [0.717, 1.165) is 0 Å². The molecule has 3 atom stereocenters. The maximum Gasteiger partial charge on any atom is 0.229 e. The van der Waals surface area contributed by atoms with E-state index in [1.807, 2.05) is 0 Å². The van der Waals surface area contributed by atoms with Crippen molar-refractivity contribution in [1.82, 2.24) is 5.32 Å². The normalized spacial score (nSPS) is 33.5. The number of β-lactam (4-membered cyclic amide) rings is 1. The molecule has 1 heterocycles. The number of rotatable bonds is 1. The molecule has 1 rings (SSSR count). The Hall–Kier alpha value is -1.01. The second-order valence-corrected chi connectivity index (χ2v) is 2.42. The molecule has 2 N–H and O–H groups in total. The van der Waals surface area contributed by atoms with Crippen molar-refractivity contribution >= 4 is 5.91 Å². The highest BCUT2D eigenvalue weighted by molar-refractivity contribution is 5.87. The highest BCUT2D eigenvalue weighted by Crippen LogP contribution is 2.17. The standard InChI is InChI=1S/C7H9NO2/c1-3-5-6(4(2)9)7(10)8-5/h1,4-6,9H,2H3,(H,8,10)/t4-,5?,6-/m1/s1. The quantitative estimate of drug-likeness (QED) is 0.366. The minimum Gasteiger partial charge on any atom is -0.392 e. The van der Waals surface area contributed by atoms with E-state index >= 15 is 0 Å². The number of amides is 1. The molecule has 3 nitrogen and oxygen atoms in total. The molecule has 1 aliphatic heterocycles. The number of aliphatic hydroxyl groups excluding tert-OH is 1. The van der Waals surface area contributed by atoms with Gasteiger partial charge in [-0.25, -0.2) is 0 Å². The van der Waals surface area contributed by atoms with Crippen LogP contribution in [0, 0.1) is 18.3 Å². The van der Waals surface area contributed by atoms with Crippen molar-refractivity contribution in [3.8, 4) is 12.3 Å². The summed E-state index contributed by atoms with van der Waals surface area (Å²) in [6, 6.07) is -0.271. The molecule has 1 amide bonds. The molecule has 1 unspecified atom stereocenters. The van der Waals surface area contributed by atoms with Crippen molar-refractivity contribution in [1.29, 1.82) is 0 Å². The van der Waals surface area contributed by atoms with E-state index in [1.54, 1.807) is 6.92 Å². The Morgan fingerprint density at radius 1 is 1.90 bits per heavy atom. The lowest BCUT2D eigenvalue weighted by atomic mass is 9.87. The molecule has 1 saturated heterocycles. The Morgan fingerprint density at radius 2 is 2.50 bits per heavy atom. The minimum atomic E-state index is -0.644. The van der Waals surface area contributed by atoms with E-state index < -0.39 is 12.0 Å². The van der Waals surface area contributed by atoms with Gasteiger partial charge in [0, 0.05) is 0 Å². The Balaban J connectivity index is 2.58.